The number of hydrogen-bond acceptors (Lipinski definition) is 0. The summed E-state index contributed by atoms with van der Waals surface area (Å²) in [6, 6.07) is 75.8. The maximum absolute atomic E-state index is 2.44. The summed E-state index contributed by atoms with van der Waals surface area (Å²) in [7, 11) is 0. The van der Waals surface area contributed by atoms with E-state index in [0.717, 1.165) is 17.8 Å². The van der Waals surface area contributed by atoms with Crippen LogP contribution in [-0.4, -0.2) is 9.13 Å². The largest absolute Gasteiger partial charge is 0.309 e. The van der Waals surface area contributed by atoms with Crippen LogP contribution in [-0.2, 0) is 6.42 Å². The van der Waals surface area contributed by atoms with Crippen LogP contribution < -0.4 is 0 Å². The van der Waals surface area contributed by atoms with Crippen molar-refractivity contribution in [3.8, 4) is 55.9 Å². The first-order valence-electron chi connectivity index (χ1n) is 20.7. The first-order chi connectivity index (χ1) is 29.1. The van der Waals surface area contributed by atoms with E-state index in [0.29, 0.717) is 0 Å². The van der Waals surface area contributed by atoms with Crippen molar-refractivity contribution in [3.05, 3.63) is 217 Å². The van der Waals surface area contributed by atoms with Gasteiger partial charge in [-0.05, 0) is 124 Å². The van der Waals surface area contributed by atoms with Crippen molar-refractivity contribution in [2.75, 3.05) is 0 Å². The van der Waals surface area contributed by atoms with Crippen LogP contribution in [0.1, 0.15) is 18.1 Å². The minimum Gasteiger partial charge on any atom is -0.309 e. The van der Waals surface area contributed by atoms with Crippen molar-refractivity contribution < 1.29 is 0 Å². The fourth-order valence-corrected chi connectivity index (χ4v) is 9.35. The van der Waals surface area contributed by atoms with Gasteiger partial charge in [-0.15, -0.1) is 0 Å². The van der Waals surface area contributed by atoms with Crippen LogP contribution >= 0.6 is 0 Å². The fraction of sp³-hybridized carbons (Fsp3) is 0.0526. The van der Waals surface area contributed by atoms with Crippen molar-refractivity contribution >= 4 is 43.6 Å². The molecule has 9 aromatic carbocycles. The lowest BCUT2D eigenvalue weighted by Crippen LogP contribution is -1.95. The molecule has 2 nitrogen and oxygen atoms in total. The molecule has 11 aromatic rings. The Balaban J connectivity index is 1.01. The second kappa shape index (κ2) is 14.2. The van der Waals surface area contributed by atoms with Gasteiger partial charge in [0.2, 0.25) is 0 Å². The molecule has 0 N–H and O–H groups in total. The van der Waals surface area contributed by atoms with Gasteiger partial charge in [0.1, 0.15) is 0 Å². The summed E-state index contributed by atoms with van der Waals surface area (Å²) in [5.41, 5.74) is 19.7. The molecule has 0 saturated carbocycles. The second-order valence-corrected chi connectivity index (χ2v) is 15.7. The SMILES string of the molecule is CCc1ccccc1-c1ccc(-c2cccc(-n3c4ccccc4c4ccc(-c5ccc6c(c5)c5ccccc5n6-c5ccc(-c6ccccc6)cc5)cc43)c2)cc1C. The zero-order valence-corrected chi connectivity index (χ0v) is 33.2. The number of aromatic nitrogens is 2. The smallest absolute Gasteiger partial charge is 0.0547 e. The number of fused-ring (bicyclic) bond motifs is 6. The number of nitrogens with zero attached hydrogens (tertiary/aromatic N) is 2. The van der Waals surface area contributed by atoms with Gasteiger partial charge in [-0.1, -0.05) is 159 Å². The number of aryl methyl sites for hydroxylation is 2. The van der Waals surface area contributed by atoms with Gasteiger partial charge in [-0.3, -0.25) is 0 Å². The molecule has 0 saturated heterocycles. The Bertz CT molecular complexity index is 3360. The van der Waals surface area contributed by atoms with Gasteiger partial charge in [-0.25, -0.2) is 0 Å². The molecule has 0 bridgehead atoms. The first kappa shape index (κ1) is 34.8. The van der Waals surface area contributed by atoms with E-state index in [1.807, 2.05) is 0 Å². The van der Waals surface area contributed by atoms with Gasteiger partial charge in [0.25, 0.3) is 0 Å². The van der Waals surface area contributed by atoms with Gasteiger partial charge < -0.3 is 9.13 Å². The summed E-state index contributed by atoms with van der Waals surface area (Å²) >= 11 is 0. The first-order valence-corrected chi connectivity index (χ1v) is 20.7. The Morgan fingerprint density at radius 1 is 0.322 bits per heavy atom. The molecule has 2 aromatic heterocycles. The monoisotopic (exact) mass is 754 g/mol. The lowest BCUT2D eigenvalue weighted by Gasteiger charge is -2.14. The van der Waals surface area contributed by atoms with Crippen LogP contribution in [0, 0.1) is 6.92 Å². The van der Waals surface area contributed by atoms with Crippen LogP contribution in [0.3, 0.4) is 0 Å². The highest BCUT2D eigenvalue weighted by Crippen LogP contribution is 2.39. The minimum atomic E-state index is 1.02. The molecule has 0 spiro atoms. The van der Waals surface area contributed by atoms with E-state index in [4.69, 9.17) is 0 Å². The molecule has 0 aliphatic carbocycles. The van der Waals surface area contributed by atoms with Gasteiger partial charge in [0, 0.05) is 32.9 Å². The molecular formula is C57H42N2. The Kier molecular flexibility index (Phi) is 8.37. The van der Waals surface area contributed by atoms with E-state index in [2.05, 4.69) is 229 Å². The average Bonchev–Trinajstić information content (AvgIpc) is 3.81. The minimum absolute atomic E-state index is 1.02. The second-order valence-electron chi connectivity index (χ2n) is 15.7. The Hall–Kier alpha value is -7.42. The topological polar surface area (TPSA) is 9.86 Å². The third-order valence-corrected chi connectivity index (χ3v) is 12.3. The number of hydrogen-bond donors (Lipinski definition) is 0. The van der Waals surface area contributed by atoms with Crippen molar-refractivity contribution in [2.24, 2.45) is 0 Å². The van der Waals surface area contributed by atoms with Crippen LogP contribution in [0.15, 0.2) is 206 Å². The third-order valence-electron chi connectivity index (χ3n) is 12.3. The summed E-state index contributed by atoms with van der Waals surface area (Å²) in [4.78, 5) is 0. The molecule has 0 fully saturated rings. The lowest BCUT2D eigenvalue weighted by atomic mass is 9.92. The molecule has 280 valence electrons. The molecule has 0 aliphatic rings. The highest BCUT2D eigenvalue weighted by molar-refractivity contribution is 6.12. The summed E-state index contributed by atoms with van der Waals surface area (Å²) in [5, 5.41) is 5.01. The van der Waals surface area contributed by atoms with E-state index < -0.39 is 0 Å². The zero-order chi connectivity index (χ0) is 39.5. The third kappa shape index (κ3) is 5.87. The fourth-order valence-electron chi connectivity index (χ4n) is 9.35. The number of benzene rings is 9. The van der Waals surface area contributed by atoms with Crippen molar-refractivity contribution in [2.45, 2.75) is 20.3 Å². The Labute approximate surface area is 344 Å². The quantitative estimate of drug-likeness (QED) is 0.153. The van der Waals surface area contributed by atoms with Gasteiger partial charge in [0.15, 0.2) is 0 Å². The number of para-hydroxylation sites is 2. The van der Waals surface area contributed by atoms with Crippen molar-refractivity contribution in [1.82, 2.24) is 9.13 Å². The molecule has 11 rings (SSSR count). The van der Waals surface area contributed by atoms with Gasteiger partial charge >= 0.3 is 0 Å². The maximum atomic E-state index is 2.44. The van der Waals surface area contributed by atoms with Gasteiger partial charge in [0.05, 0.1) is 22.1 Å². The molecular weight excluding hydrogens is 713 g/mol. The Morgan fingerprint density at radius 2 is 0.864 bits per heavy atom. The molecule has 59 heavy (non-hydrogen) atoms. The van der Waals surface area contributed by atoms with E-state index in [1.165, 1.54) is 99.2 Å². The molecule has 2 heterocycles. The molecule has 0 atom stereocenters. The average molecular weight is 755 g/mol. The lowest BCUT2D eigenvalue weighted by molar-refractivity contribution is 1.14. The molecule has 2 heteroatoms. The van der Waals surface area contributed by atoms with Crippen molar-refractivity contribution in [3.63, 3.8) is 0 Å². The van der Waals surface area contributed by atoms with Crippen molar-refractivity contribution in [1.29, 1.82) is 0 Å². The van der Waals surface area contributed by atoms with E-state index in [9.17, 15) is 0 Å². The number of rotatable bonds is 7. The van der Waals surface area contributed by atoms with E-state index in [-0.39, 0.29) is 0 Å². The van der Waals surface area contributed by atoms with E-state index in [1.54, 1.807) is 0 Å². The van der Waals surface area contributed by atoms with Crippen LogP contribution in [0.25, 0.3) is 99.5 Å². The maximum Gasteiger partial charge on any atom is 0.0547 e. The van der Waals surface area contributed by atoms with Crippen LogP contribution in [0.5, 0.6) is 0 Å². The summed E-state index contributed by atoms with van der Waals surface area (Å²) in [6.07, 6.45) is 1.02. The van der Waals surface area contributed by atoms with Crippen LogP contribution in [0.4, 0.5) is 0 Å². The standard InChI is InChI=1S/C57H42N2/c1-3-39-14-7-8-19-49(39)48-31-26-43(34-38(48)2)42-17-13-18-47(35-42)59-54-22-11-9-20-50(54)52-32-27-45(37-57(52)59)44-28-33-56-53(36-44)51-21-10-12-23-55(51)58(56)46-29-24-41(25-30-46)40-15-5-4-6-16-40/h4-37H,3H2,1-2H3. The highest BCUT2D eigenvalue weighted by atomic mass is 15.0. The summed E-state index contributed by atoms with van der Waals surface area (Å²) in [6.45, 7) is 4.47. The molecule has 0 unspecified atom stereocenters. The molecule has 0 aliphatic heterocycles. The molecule has 0 amide bonds. The predicted octanol–water partition coefficient (Wildman–Crippen LogP) is 15.4. The normalized spacial score (nSPS) is 11.6. The zero-order valence-electron chi connectivity index (χ0n) is 33.2. The predicted molar refractivity (Wildman–Crippen MR) is 251 cm³/mol. The van der Waals surface area contributed by atoms with Crippen LogP contribution in [0.2, 0.25) is 0 Å². The van der Waals surface area contributed by atoms with Gasteiger partial charge in [-0.2, -0.15) is 0 Å². The van der Waals surface area contributed by atoms with E-state index >= 15 is 0 Å². The Morgan fingerprint density at radius 3 is 1.64 bits per heavy atom. The summed E-state index contributed by atoms with van der Waals surface area (Å²) < 4.78 is 4.84. The summed E-state index contributed by atoms with van der Waals surface area (Å²) in [5.74, 6) is 0. The highest BCUT2D eigenvalue weighted by Gasteiger charge is 2.17. The molecule has 0 radical (unpaired) electrons.